The quantitative estimate of drug-likeness (QED) is 0.271. The van der Waals surface area contributed by atoms with Crippen molar-refractivity contribution in [3.63, 3.8) is 0 Å². The van der Waals surface area contributed by atoms with Crippen molar-refractivity contribution in [3.8, 4) is 22.6 Å². The molecule has 48 heavy (non-hydrogen) atoms. The summed E-state index contributed by atoms with van der Waals surface area (Å²) in [5.74, 6) is 0.447. The number of methoxy groups -OCH3 is 2. The lowest BCUT2D eigenvalue weighted by atomic mass is 9.99. The van der Waals surface area contributed by atoms with Crippen LogP contribution >= 0.6 is 23.2 Å². The lowest BCUT2D eigenvalue weighted by Gasteiger charge is -2.39. The Balaban J connectivity index is 1.54. The van der Waals surface area contributed by atoms with Crippen LogP contribution in [0.5, 0.6) is 11.5 Å². The number of likely N-dealkylation sites (tertiary alicyclic amines) is 1. The molecule has 2 amide bonds. The van der Waals surface area contributed by atoms with Gasteiger partial charge in [0.05, 0.1) is 48.5 Å². The van der Waals surface area contributed by atoms with Gasteiger partial charge in [0.1, 0.15) is 17.1 Å². The summed E-state index contributed by atoms with van der Waals surface area (Å²) in [6.07, 6.45) is 6.82. The first-order valence-electron chi connectivity index (χ1n) is 15.4. The number of carbonyl (C=O) groups excluding carboxylic acids is 2. The Morgan fingerprint density at radius 3 is 2.50 bits per heavy atom. The standard InChI is InChI=1S/C33H39Cl2N7O6/c1-6-26(43)37-22-9-11-48-18-23(22)38-33-36-14-20-12-21(28-29(34)24(46-4)13-25(47-5)30(28)35)32(45)42(31(20)39-33)17-19-15-41(16-19)27(44)8-7-10-40(2)3/h6-8,12-14,19,22-23H,1,9-11,15-18H2,2-5H3,(H,37,43)(H,36,38,39)/b8-7+. The van der Waals surface area contributed by atoms with Gasteiger partial charge in [-0.3, -0.25) is 19.0 Å². The molecule has 13 nitrogen and oxygen atoms in total. The van der Waals surface area contributed by atoms with Crippen LogP contribution in [0, 0.1) is 5.92 Å². The van der Waals surface area contributed by atoms with Crippen LogP contribution in [0.1, 0.15) is 6.42 Å². The number of carbonyl (C=O) groups is 2. The van der Waals surface area contributed by atoms with E-state index >= 15 is 0 Å². The lowest BCUT2D eigenvalue weighted by Crippen LogP contribution is -2.52. The van der Waals surface area contributed by atoms with Crippen LogP contribution in [0.2, 0.25) is 10.0 Å². The van der Waals surface area contributed by atoms with Gasteiger partial charge in [-0.25, -0.2) is 4.98 Å². The van der Waals surface area contributed by atoms with E-state index in [9.17, 15) is 14.4 Å². The highest BCUT2D eigenvalue weighted by Gasteiger charge is 2.32. The highest BCUT2D eigenvalue weighted by molar-refractivity contribution is 6.41. The largest absolute Gasteiger partial charge is 0.495 e. The molecule has 0 spiro atoms. The number of benzene rings is 1. The first kappa shape index (κ1) is 35.1. The van der Waals surface area contributed by atoms with E-state index in [-0.39, 0.29) is 80.5 Å². The van der Waals surface area contributed by atoms with Gasteiger partial charge in [-0.05, 0) is 32.7 Å². The number of nitrogens with zero attached hydrogens (tertiary/aromatic N) is 5. The number of pyridine rings is 1. The minimum absolute atomic E-state index is 0.0187. The fraction of sp³-hybridized carbons (Fsp3) is 0.424. The topological polar surface area (TPSA) is 140 Å². The van der Waals surface area contributed by atoms with Crippen molar-refractivity contribution in [2.45, 2.75) is 25.0 Å². The summed E-state index contributed by atoms with van der Waals surface area (Å²) in [5.41, 5.74) is 0.459. The Bertz CT molecular complexity index is 1760. The van der Waals surface area contributed by atoms with E-state index in [1.807, 2.05) is 25.1 Å². The highest BCUT2D eigenvalue weighted by Crippen LogP contribution is 2.45. The Morgan fingerprint density at radius 1 is 1.15 bits per heavy atom. The third kappa shape index (κ3) is 7.59. The van der Waals surface area contributed by atoms with Crippen molar-refractivity contribution >= 4 is 52.0 Å². The minimum Gasteiger partial charge on any atom is -0.495 e. The summed E-state index contributed by atoms with van der Waals surface area (Å²) >= 11 is 13.5. The number of fused-ring (bicyclic) bond motifs is 1. The molecule has 0 saturated carbocycles. The normalized spacial score (nSPS) is 18.2. The zero-order chi connectivity index (χ0) is 34.5. The molecule has 3 aromatic rings. The van der Waals surface area contributed by atoms with Gasteiger partial charge in [-0.1, -0.05) is 35.9 Å². The summed E-state index contributed by atoms with van der Waals surface area (Å²) in [7, 11) is 6.78. The molecule has 0 aliphatic carbocycles. The molecule has 0 bridgehead atoms. The summed E-state index contributed by atoms with van der Waals surface area (Å²) in [6.45, 7) is 6.21. The number of nitrogens with one attached hydrogen (secondary N) is 2. The number of amides is 2. The van der Waals surface area contributed by atoms with Crippen molar-refractivity contribution < 1.29 is 23.8 Å². The number of hydrogen-bond acceptors (Lipinski definition) is 10. The number of likely N-dealkylation sites (N-methyl/N-ethyl adjacent to an activating group) is 1. The number of ether oxygens (including phenoxy) is 3. The molecule has 2 aromatic heterocycles. The number of rotatable bonds is 12. The lowest BCUT2D eigenvalue weighted by molar-refractivity contribution is -0.132. The molecule has 2 saturated heterocycles. The molecule has 2 N–H and O–H groups in total. The van der Waals surface area contributed by atoms with Crippen LogP contribution in [0.15, 0.2) is 47.9 Å². The molecule has 2 unspecified atom stereocenters. The Kier molecular flexibility index (Phi) is 11.3. The zero-order valence-corrected chi connectivity index (χ0v) is 28.8. The van der Waals surface area contributed by atoms with E-state index in [4.69, 9.17) is 42.4 Å². The highest BCUT2D eigenvalue weighted by atomic mass is 35.5. The second kappa shape index (κ2) is 15.4. The van der Waals surface area contributed by atoms with Crippen LogP contribution in [-0.2, 0) is 20.9 Å². The van der Waals surface area contributed by atoms with Crippen LogP contribution in [0.25, 0.3) is 22.2 Å². The molecule has 4 heterocycles. The molecule has 0 radical (unpaired) electrons. The summed E-state index contributed by atoms with van der Waals surface area (Å²) < 4.78 is 18.1. The number of aromatic nitrogens is 3. The first-order chi connectivity index (χ1) is 23.0. The van der Waals surface area contributed by atoms with E-state index in [1.165, 1.54) is 20.3 Å². The molecule has 2 fully saturated rings. The molecule has 5 rings (SSSR count). The SMILES string of the molecule is C=CC(=O)NC1CCOCC1Nc1ncc2cc(-c3c(Cl)c(OC)cc(OC)c3Cl)c(=O)n(CC3CN(C(=O)/C=C/CN(C)C)C3)c2n1. The Hall–Kier alpha value is -4.17. The molecule has 15 heteroatoms. The molecule has 2 aliphatic heterocycles. The van der Waals surface area contributed by atoms with Gasteiger partial charge in [0, 0.05) is 68.0 Å². The van der Waals surface area contributed by atoms with Gasteiger partial charge in [0.2, 0.25) is 17.8 Å². The first-order valence-corrected chi connectivity index (χ1v) is 16.2. The third-order valence-corrected chi connectivity index (χ3v) is 9.04. The average Bonchev–Trinajstić information content (AvgIpc) is 3.04. The molecule has 2 atom stereocenters. The molecule has 2 aliphatic rings. The second-order valence-electron chi connectivity index (χ2n) is 11.9. The van der Waals surface area contributed by atoms with E-state index in [0.29, 0.717) is 50.3 Å². The number of hydrogen-bond donors (Lipinski definition) is 2. The zero-order valence-electron chi connectivity index (χ0n) is 27.3. The van der Waals surface area contributed by atoms with E-state index in [1.54, 1.807) is 33.9 Å². The van der Waals surface area contributed by atoms with Gasteiger partial charge in [-0.2, -0.15) is 4.98 Å². The second-order valence-corrected chi connectivity index (χ2v) is 12.7. The van der Waals surface area contributed by atoms with E-state index in [0.717, 1.165) is 0 Å². The maximum atomic E-state index is 14.4. The Morgan fingerprint density at radius 2 is 1.85 bits per heavy atom. The van der Waals surface area contributed by atoms with Gasteiger partial charge in [-0.15, -0.1) is 0 Å². The van der Waals surface area contributed by atoms with Gasteiger partial charge < -0.3 is 34.6 Å². The van der Waals surface area contributed by atoms with E-state index in [2.05, 4.69) is 22.2 Å². The van der Waals surface area contributed by atoms with Crippen molar-refractivity contribution in [3.05, 3.63) is 63.5 Å². The molecular weight excluding hydrogens is 661 g/mol. The van der Waals surface area contributed by atoms with Gasteiger partial charge in [0.15, 0.2) is 0 Å². The molecule has 256 valence electrons. The maximum Gasteiger partial charge on any atom is 0.260 e. The van der Waals surface area contributed by atoms with Gasteiger partial charge >= 0.3 is 0 Å². The summed E-state index contributed by atoms with van der Waals surface area (Å²) in [4.78, 5) is 52.2. The molecular formula is C33H39Cl2N7O6. The smallest absolute Gasteiger partial charge is 0.260 e. The number of anilines is 1. The van der Waals surface area contributed by atoms with Gasteiger partial charge in [0.25, 0.3) is 5.56 Å². The van der Waals surface area contributed by atoms with E-state index < -0.39 is 0 Å². The van der Waals surface area contributed by atoms with Crippen molar-refractivity contribution in [1.82, 2.24) is 29.7 Å². The third-order valence-electron chi connectivity index (χ3n) is 8.29. The van der Waals surface area contributed by atoms with Crippen molar-refractivity contribution in [2.75, 3.05) is 66.5 Å². The van der Waals surface area contributed by atoms with Crippen molar-refractivity contribution in [2.24, 2.45) is 5.92 Å². The van der Waals surface area contributed by atoms with Crippen LogP contribution in [0.3, 0.4) is 0 Å². The number of halogens is 2. The molecule has 1 aromatic carbocycles. The predicted molar refractivity (Wildman–Crippen MR) is 185 cm³/mol. The van der Waals surface area contributed by atoms with Crippen LogP contribution in [0.4, 0.5) is 5.95 Å². The minimum atomic E-state index is -0.390. The predicted octanol–water partition coefficient (Wildman–Crippen LogP) is 3.23. The fourth-order valence-corrected chi connectivity index (χ4v) is 6.46. The fourth-order valence-electron chi connectivity index (χ4n) is 5.75. The Labute approximate surface area is 288 Å². The monoisotopic (exact) mass is 699 g/mol. The van der Waals surface area contributed by atoms with Crippen molar-refractivity contribution in [1.29, 1.82) is 0 Å². The maximum absolute atomic E-state index is 14.4. The van der Waals surface area contributed by atoms with Crippen LogP contribution in [-0.4, -0.2) is 109 Å². The summed E-state index contributed by atoms with van der Waals surface area (Å²) in [5, 5.41) is 7.06. The summed E-state index contributed by atoms with van der Waals surface area (Å²) in [6, 6.07) is 2.63. The average molecular weight is 701 g/mol. The van der Waals surface area contributed by atoms with Crippen LogP contribution < -0.4 is 25.7 Å².